The molecule has 1 aromatic carbocycles. The lowest BCUT2D eigenvalue weighted by Gasteiger charge is -2.36. The van der Waals surface area contributed by atoms with Crippen molar-refractivity contribution in [2.75, 3.05) is 33.3 Å². The predicted octanol–water partition coefficient (Wildman–Crippen LogP) is 2.69. The van der Waals surface area contributed by atoms with Crippen LogP contribution in [0.25, 0.3) is 0 Å². The third-order valence-corrected chi connectivity index (χ3v) is 3.78. The van der Waals surface area contributed by atoms with Crippen LogP contribution in [0.4, 0.5) is 0 Å². The van der Waals surface area contributed by atoms with Crippen molar-refractivity contribution < 1.29 is 4.74 Å². The smallest absolute Gasteiger partial charge is 0.123 e. The summed E-state index contributed by atoms with van der Waals surface area (Å²) in [5.41, 5.74) is 1.33. The first kappa shape index (κ1) is 14.4. The number of hydrogen-bond acceptors (Lipinski definition) is 3. The van der Waals surface area contributed by atoms with Crippen LogP contribution in [-0.2, 0) is 0 Å². The van der Waals surface area contributed by atoms with E-state index in [1.165, 1.54) is 12.0 Å². The number of methoxy groups -OCH3 is 1. The van der Waals surface area contributed by atoms with Gasteiger partial charge in [0, 0.05) is 37.8 Å². The minimum absolute atomic E-state index is 0.471. The van der Waals surface area contributed by atoms with Crippen LogP contribution in [0.5, 0.6) is 5.75 Å². The molecule has 1 aliphatic rings. The highest BCUT2D eigenvalue weighted by atomic mass is 16.5. The zero-order chi connectivity index (χ0) is 13.7. The second-order valence-corrected chi connectivity index (χ2v) is 5.67. The normalized spacial score (nSPS) is 18.5. The summed E-state index contributed by atoms with van der Waals surface area (Å²) in [4.78, 5) is 2.59. The van der Waals surface area contributed by atoms with E-state index < -0.39 is 0 Å². The third kappa shape index (κ3) is 3.71. The van der Waals surface area contributed by atoms with Crippen LogP contribution in [0.15, 0.2) is 24.3 Å². The zero-order valence-electron chi connectivity index (χ0n) is 12.4. The van der Waals surface area contributed by atoms with Gasteiger partial charge in [0.25, 0.3) is 0 Å². The lowest BCUT2D eigenvalue weighted by atomic mass is 9.94. The Morgan fingerprint density at radius 3 is 2.53 bits per heavy atom. The minimum Gasteiger partial charge on any atom is -0.496 e. The van der Waals surface area contributed by atoms with E-state index in [-0.39, 0.29) is 0 Å². The van der Waals surface area contributed by atoms with Gasteiger partial charge in [-0.1, -0.05) is 32.0 Å². The molecule has 106 valence electrons. The highest BCUT2D eigenvalue weighted by molar-refractivity contribution is 5.36. The highest BCUT2D eigenvalue weighted by Gasteiger charge is 2.25. The van der Waals surface area contributed by atoms with Gasteiger partial charge >= 0.3 is 0 Å². The van der Waals surface area contributed by atoms with Gasteiger partial charge in [0.15, 0.2) is 0 Å². The Labute approximate surface area is 116 Å². The van der Waals surface area contributed by atoms with E-state index in [2.05, 4.69) is 42.3 Å². The third-order valence-electron chi connectivity index (χ3n) is 3.78. The lowest BCUT2D eigenvalue weighted by molar-refractivity contribution is 0.151. The summed E-state index contributed by atoms with van der Waals surface area (Å²) in [6, 6.07) is 8.93. The van der Waals surface area contributed by atoms with E-state index in [1.807, 2.05) is 6.07 Å². The van der Waals surface area contributed by atoms with Crippen molar-refractivity contribution in [2.24, 2.45) is 5.92 Å². The van der Waals surface area contributed by atoms with Gasteiger partial charge in [0.1, 0.15) is 5.75 Å². The SMILES string of the molecule is COc1ccccc1C(CC(C)C)N1CCNCC1. The fraction of sp³-hybridized carbons (Fsp3) is 0.625. The zero-order valence-corrected chi connectivity index (χ0v) is 12.4. The molecule has 0 aromatic heterocycles. The van der Waals surface area contributed by atoms with Crippen LogP contribution in [0, 0.1) is 5.92 Å². The second-order valence-electron chi connectivity index (χ2n) is 5.67. The molecule has 1 aliphatic heterocycles. The molecule has 3 heteroatoms. The fourth-order valence-electron chi connectivity index (χ4n) is 2.85. The number of ether oxygens (including phenoxy) is 1. The maximum Gasteiger partial charge on any atom is 0.123 e. The standard InChI is InChI=1S/C16H26N2O/c1-13(2)12-15(18-10-8-17-9-11-18)14-6-4-5-7-16(14)19-3/h4-7,13,15,17H,8-12H2,1-3H3. The average Bonchev–Trinajstić information content (AvgIpc) is 2.45. The molecule has 1 aromatic rings. The molecule has 2 rings (SSSR count). The molecule has 0 bridgehead atoms. The number of nitrogens with zero attached hydrogens (tertiary/aromatic N) is 1. The van der Waals surface area contributed by atoms with Crippen molar-refractivity contribution in [3.63, 3.8) is 0 Å². The van der Waals surface area contributed by atoms with Crippen molar-refractivity contribution in [1.29, 1.82) is 0 Å². The molecular weight excluding hydrogens is 236 g/mol. The Balaban J connectivity index is 2.25. The van der Waals surface area contributed by atoms with Gasteiger partial charge < -0.3 is 10.1 Å². The van der Waals surface area contributed by atoms with Crippen LogP contribution in [-0.4, -0.2) is 38.2 Å². The molecule has 1 fully saturated rings. The molecule has 0 spiro atoms. The molecule has 19 heavy (non-hydrogen) atoms. The summed E-state index contributed by atoms with van der Waals surface area (Å²) in [5.74, 6) is 1.71. The Kier molecular flexibility index (Phi) is 5.23. The van der Waals surface area contributed by atoms with Crippen molar-refractivity contribution in [2.45, 2.75) is 26.3 Å². The van der Waals surface area contributed by atoms with Gasteiger partial charge in [-0.15, -0.1) is 0 Å². The molecular formula is C16H26N2O. The van der Waals surface area contributed by atoms with Crippen LogP contribution < -0.4 is 10.1 Å². The van der Waals surface area contributed by atoms with Gasteiger partial charge in [-0.3, -0.25) is 4.90 Å². The summed E-state index contributed by atoms with van der Waals surface area (Å²) in [5, 5.41) is 3.43. The number of nitrogens with one attached hydrogen (secondary N) is 1. The van der Waals surface area contributed by atoms with Gasteiger partial charge in [-0.25, -0.2) is 0 Å². The summed E-state index contributed by atoms with van der Waals surface area (Å²) < 4.78 is 5.56. The Bertz CT molecular complexity index is 386. The maximum absolute atomic E-state index is 5.56. The first-order valence-corrected chi connectivity index (χ1v) is 7.30. The molecule has 0 radical (unpaired) electrons. The van der Waals surface area contributed by atoms with Crippen molar-refractivity contribution >= 4 is 0 Å². The van der Waals surface area contributed by atoms with Crippen molar-refractivity contribution in [3.05, 3.63) is 29.8 Å². The van der Waals surface area contributed by atoms with E-state index in [0.29, 0.717) is 12.0 Å². The van der Waals surface area contributed by atoms with Crippen LogP contribution in [0.3, 0.4) is 0 Å². The molecule has 0 amide bonds. The topological polar surface area (TPSA) is 24.5 Å². The largest absolute Gasteiger partial charge is 0.496 e. The van der Waals surface area contributed by atoms with Gasteiger partial charge in [0.05, 0.1) is 7.11 Å². The van der Waals surface area contributed by atoms with E-state index in [9.17, 15) is 0 Å². The quantitative estimate of drug-likeness (QED) is 0.883. The number of benzene rings is 1. The molecule has 1 atom stereocenters. The predicted molar refractivity (Wildman–Crippen MR) is 79.6 cm³/mol. The molecule has 0 aliphatic carbocycles. The summed E-state index contributed by atoms with van der Waals surface area (Å²) >= 11 is 0. The molecule has 1 unspecified atom stereocenters. The maximum atomic E-state index is 5.56. The number of hydrogen-bond donors (Lipinski definition) is 1. The molecule has 0 saturated carbocycles. The fourth-order valence-corrected chi connectivity index (χ4v) is 2.85. The van der Waals surface area contributed by atoms with Gasteiger partial charge in [0.2, 0.25) is 0 Å². The first-order valence-electron chi connectivity index (χ1n) is 7.30. The minimum atomic E-state index is 0.471. The second kappa shape index (κ2) is 6.92. The van der Waals surface area contributed by atoms with Crippen LogP contribution in [0.2, 0.25) is 0 Å². The Morgan fingerprint density at radius 1 is 1.21 bits per heavy atom. The van der Waals surface area contributed by atoms with E-state index in [1.54, 1.807) is 7.11 Å². The molecule has 3 nitrogen and oxygen atoms in total. The number of piperazine rings is 1. The van der Waals surface area contributed by atoms with E-state index >= 15 is 0 Å². The summed E-state index contributed by atoms with van der Waals surface area (Å²) in [6.07, 6.45) is 1.18. The first-order chi connectivity index (χ1) is 9.22. The average molecular weight is 262 g/mol. The van der Waals surface area contributed by atoms with Gasteiger partial charge in [-0.05, 0) is 18.4 Å². The highest BCUT2D eigenvalue weighted by Crippen LogP contribution is 2.33. The van der Waals surface area contributed by atoms with Crippen LogP contribution in [0.1, 0.15) is 31.9 Å². The Morgan fingerprint density at radius 2 is 1.89 bits per heavy atom. The molecule has 1 heterocycles. The van der Waals surface area contributed by atoms with E-state index in [0.717, 1.165) is 31.9 Å². The summed E-state index contributed by atoms with van der Waals surface area (Å²) in [7, 11) is 1.77. The number of para-hydroxylation sites is 1. The molecule has 1 N–H and O–H groups in total. The molecule has 1 saturated heterocycles. The monoisotopic (exact) mass is 262 g/mol. The van der Waals surface area contributed by atoms with E-state index in [4.69, 9.17) is 4.74 Å². The van der Waals surface area contributed by atoms with Gasteiger partial charge in [-0.2, -0.15) is 0 Å². The summed E-state index contributed by atoms with van der Waals surface area (Å²) in [6.45, 7) is 9.01. The van der Waals surface area contributed by atoms with Crippen molar-refractivity contribution in [1.82, 2.24) is 10.2 Å². The lowest BCUT2D eigenvalue weighted by Crippen LogP contribution is -2.45. The van der Waals surface area contributed by atoms with Crippen LogP contribution >= 0.6 is 0 Å². The van der Waals surface area contributed by atoms with Crippen molar-refractivity contribution in [3.8, 4) is 5.75 Å². The number of rotatable bonds is 5. The Hall–Kier alpha value is -1.06.